The van der Waals surface area contributed by atoms with E-state index in [1.54, 1.807) is 0 Å². The summed E-state index contributed by atoms with van der Waals surface area (Å²) in [5.74, 6) is 0.848. The molecule has 0 radical (unpaired) electrons. The van der Waals surface area contributed by atoms with Crippen LogP contribution in [0.5, 0.6) is 5.75 Å². The summed E-state index contributed by atoms with van der Waals surface area (Å²) in [7, 11) is -3.14. The second-order valence-corrected chi connectivity index (χ2v) is 8.95. The fourth-order valence-corrected chi connectivity index (χ4v) is 4.41. The lowest BCUT2D eigenvalue weighted by atomic mass is 10.1. The highest BCUT2D eigenvalue weighted by atomic mass is 32.2. The molecule has 2 aliphatic rings. The van der Waals surface area contributed by atoms with Gasteiger partial charge >= 0.3 is 6.03 Å². The quantitative estimate of drug-likeness (QED) is 0.727. The molecular weight excluding hydrogens is 354 g/mol. The molecule has 2 N–H and O–H groups in total. The minimum Gasteiger partial charge on any atom is -0.492 e. The molecule has 26 heavy (non-hydrogen) atoms. The van der Waals surface area contributed by atoms with E-state index in [9.17, 15) is 13.2 Å². The minimum atomic E-state index is -3.14. The number of amides is 2. The fourth-order valence-electron chi connectivity index (χ4n) is 3.54. The number of carbonyl (C=O) groups is 1. The molecule has 1 heterocycles. The predicted octanol–water partition coefficient (Wildman–Crippen LogP) is 1.28. The zero-order chi connectivity index (χ0) is 18.6. The zero-order valence-electron chi connectivity index (χ0n) is 15.2. The molecule has 0 spiro atoms. The molecule has 7 nitrogen and oxygen atoms in total. The SMILES string of the molecule is CS(=O)(=O)N1CCC(NC(=O)NCCOc2ccc3c(c2)CCC3)CC1. The molecule has 1 aliphatic heterocycles. The monoisotopic (exact) mass is 381 g/mol. The number of fused-ring (bicyclic) bond motifs is 1. The molecule has 0 aromatic heterocycles. The predicted molar refractivity (Wildman–Crippen MR) is 99.9 cm³/mol. The highest BCUT2D eigenvalue weighted by Crippen LogP contribution is 2.25. The van der Waals surface area contributed by atoms with Crippen molar-refractivity contribution in [2.75, 3.05) is 32.5 Å². The third-order valence-electron chi connectivity index (χ3n) is 4.98. The zero-order valence-corrected chi connectivity index (χ0v) is 16.0. The van der Waals surface area contributed by atoms with E-state index in [1.165, 1.54) is 28.1 Å². The number of nitrogens with one attached hydrogen (secondary N) is 2. The van der Waals surface area contributed by atoms with Crippen molar-refractivity contribution in [1.82, 2.24) is 14.9 Å². The summed E-state index contributed by atoms with van der Waals surface area (Å²) in [5, 5.41) is 5.68. The summed E-state index contributed by atoms with van der Waals surface area (Å²) in [4.78, 5) is 11.9. The Bertz CT molecular complexity index is 743. The smallest absolute Gasteiger partial charge is 0.315 e. The third-order valence-corrected chi connectivity index (χ3v) is 6.29. The van der Waals surface area contributed by atoms with E-state index in [2.05, 4.69) is 22.8 Å². The van der Waals surface area contributed by atoms with E-state index in [4.69, 9.17) is 4.74 Å². The minimum absolute atomic E-state index is 0.00521. The van der Waals surface area contributed by atoms with Gasteiger partial charge in [-0.1, -0.05) is 6.07 Å². The average Bonchev–Trinajstić information content (AvgIpc) is 3.06. The number of piperidine rings is 1. The first-order chi connectivity index (χ1) is 12.4. The number of sulfonamides is 1. The molecule has 1 aromatic rings. The van der Waals surface area contributed by atoms with E-state index in [-0.39, 0.29) is 12.1 Å². The molecule has 3 rings (SSSR count). The largest absolute Gasteiger partial charge is 0.492 e. The third kappa shape index (κ3) is 5.11. The van der Waals surface area contributed by atoms with Crippen LogP contribution in [0.25, 0.3) is 0 Å². The standard InChI is InChI=1S/C18H27N3O4S/c1-26(23,24)21-10-7-16(8-11-21)20-18(22)19-9-12-25-17-6-5-14-3-2-4-15(14)13-17/h5-6,13,16H,2-4,7-12H2,1H3,(H2,19,20,22). The molecule has 1 aliphatic carbocycles. The Labute approximate surface area is 155 Å². The lowest BCUT2D eigenvalue weighted by molar-refractivity contribution is 0.224. The van der Waals surface area contributed by atoms with Gasteiger partial charge in [-0.15, -0.1) is 0 Å². The molecule has 0 atom stereocenters. The first-order valence-electron chi connectivity index (χ1n) is 9.16. The van der Waals surface area contributed by atoms with Crippen LogP contribution in [-0.4, -0.2) is 57.3 Å². The number of carbonyl (C=O) groups excluding carboxylic acids is 1. The van der Waals surface area contributed by atoms with Gasteiger partial charge in [0.2, 0.25) is 10.0 Å². The van der Waals surface area contributed by atoms with Crippen molar-refractivity contribution in [3.8, 4) is 5.75 Å². The summed E-state index contributed by atoms with van der Waals surface area (Å²) >= 11 is 0. The molecule has 8 heteroatoms. The lowest BCUT2D eigenvalue weighted by Crippen LogP contribution is -2.49. The number of nitrogens with zero attached hydrogens (tertiary/aromatic N) is 1. The van der Waals surface area contributed by atoms with Crippen molar-refractivity contribution in [3.63, 3.8) is 0 Å². The molecule has 144 valence electrons. The summed E-state index contributed by atoms with van der Waals surface area (Å²) in [6.07, 6.45) is 5.96. The summed E-state index contributed by atoms with van der Waals surface area (Å²) < 4.78 is 30.1. The van der Waals surface area contributed by atoms with Gasteiger partial charge in [0.05, 0.1) is 12.8 Å². The highest BCUT2D eigenvalue weighted by molar-refractivity contribution is 7.88. The number of urea groups is 1. The second-order valence-electron chi connectivity index (χ2n) is 6.97. The summed E-state index contributed by atoms with van der Waals surface area (Å²) in [6, 6.07) is 5.98. The van der Waals surface area contributed by atoms with Crippen LogP contribution in [0.15, 0.2) is 18.2 Å². The number of hydrogen-bond donors (Lipinski definition) is 2. The van der Waals surface area contributed by atoms with Crippen molar-refractivity contribution in [2.45, 2.75) is 38.1 Å². The number of aryl methyl sites for hydroxylation is 2. The van der Waals surface area contributed by atoms with Crippen molar-refractivity contribution in [1.29, 1.82) is 0 Å². The topological polar surface area (TPSA) is 87.7 Å². The average molecular weight is 381 g/mol. The first kappa shape index (κ1) is 19.0. The Balaban J connectivity index is 1.32. The number of hydrogen-bond acceptors (Lipinski definition) is 4. The molecule has 2 amide bonds. The van der Waals surface area contributed by atoms with Crippen LogP contribution in [0.4, 0.5) is 4.79 Å². The molecule has 1 fully saturated rings. The number of rotatable bonds is 6. The van der Waals surface area contributed by atoms with Crippen LogP contribution < -0.4 is 15.4 Å². The van der Waals surface area contributed by atoms with Crippen molar-refractivity contribution in [2.24, 2.45) is 0 Å². The Kier molecular flexibility index (Phi) is 6.03. The van der Waals surface area contributed by atoms with Gasteiger partial charge in [-0.25, -0.2) is 17.5 Å². The van der Waals surface area contributed by atoms with Crippen molar-refractivity contribution < 1.29 is 17.9 Å². The van der Waals surface area contributed by atoms with E-state index in [1.807, 2.05) is 6.07 Å². The maximum Gasteiger partial charge on any atom is 0.315 e. The van der Waals surface area contributed by atoms with E-state index >= 15 is 0 Å². The summed E-state index contributed by atoms with van der Waals surface area (Å²) in [6.45, 7) is 1.74. The van der Waals surface area contributed by atoms with Gasteiger partial charge in [0.1, 0.15) is 12.4 Å². The maximum atomic E-state index is 11.9. The van der Waals surface area contributed by atoms with E-state index < -0.39 is 10.0 Å². The van der Waals surface area contributed by atoms with Crippen LogP contribution in [0.2, 0.25) is 0 Å². The Morgan fingerprint density at radius 2 is 1.96 bits per heavy atom. The number of benzene rings is 1. The molecule has 0 unspecified atom stereocenters. The molecule has 1 aromatic carbocycles. The van der Waals surface area contributed by atoms with E-state index in [0.29, 0.717) is 39.1 Å². The van der Waals surface area contributed by atoms with Gasteiger partial charge in [-0.2, -0.15) is 0 Å². The number of ether oxygens (including phenoxy) is 1. The Morgan fingerprint density at radius 1 is 1.23 bits per heavy atom. The molecule has 1 saturated heterocycles. The Hall–Kier alpha value is -1.80. The van der Waals surface area contributed by atoms with Gasteiger partial charge in [-0.3, -0.25) is 0 Å². The second kappa shape index (κ2) is 8.26. The molecular formula is C18H27N3O4S. The van der Waals surface area contributed by atoms with Gasteiger partial charge in [0, 0.05) is 19.1 Å². The van der Waals surface area contributed by atoms with Gasteiger partial charge in [0.25, 0.3) is 0 Å². The van der Waals surface area contributed by atoms with E-state index in [0.717, 1.165) is 18.6 Å². The lowest BCUT2D eigenvalue weighted by Gasteiger charge is -2.30. The van der Waals surface area contributed by atoms with Gasteiger partial charge in [-0.05, 0) is 55.4 Å². The summed E-state index contributed by atoms with van der Waals surface area (Å²) in [5.41, 5.74) is 2.78. The molecule has 0 bridgehead atoms. The first-order valence-corrected chi connectivity index (χ1v) is 11.0. The van der Waals surface area contributed by atoms with Crippen LogP contribution in [0.1, 0.15) is 30.4 Å². The van der Waals surface area contributed by atoms with Gasteiger partial charge < -0.3 is 15.4 Å². The van der Waals surface area contributed by atoms with Crippen LogP contribution in [-0.2, 0) is 22.9 Å². The normalized spacial score (nSPS) is 18.3. The van der Waals surface area contributed by atoms with Crippen LogP contribution >= 0.6 is 0 Å². The van der Waals surface area contributed by atoms with Crippen LogP contribution in [0.3, 0.4) is 0 Å². The van der Waals surface area contributed by atoms with Crippen molar-refractivity contribution in [3.05, 3.63) is 29.3 Å². The Morgan fingerprint density at radius 3 is 2.69 bits per heavy atom. The maximum absolute atomic E-state index is 11.9. The highest BCUT2D eigenvalue weighted by Gasteiger charge is 2.25. The fraction of sp³-hybridized carbons (Fsp3) is 0.611. The van der Waals surface area contributed by atoms with Crippen LogP contribution in [0, 0.1) is 0 Å². The van der Waals surface area contributed by atoms with Crippen molar-refractivity contribution >= 4 is 16.1 Å². The van der Waals surface area contributed by atoms with Gasteiger partial charge in [0.15, 0.2) is 0 Å². The molecule has 0 saturated carbocycles.